The molecular weight excluding hydrogens is 414 g/mol. The number of benzene rings is 2. The third-order valence-corrected chi connectivity index (χ3v) is 3.10. The molecule has 0 fully saturated rings. The molecule has 0 amide bonds. The van der Waals surface area contributed by atoms with Crippen molar-refractivity contribution in [2.24, 2.45) is 0 Å². The molecule has 0 nitrogen and oxygen atoms in total. The van der Waals surface area contributed by atoms with Gasteiger partial charge in [0, 0.05) is 0 Å². The van der Waals surface area contributed by atoms with Crippen LogP contribution >= 0.6 is 0 Å². The molecule has 0 unspecified atom stereocenters. The first-order valence-corrected chi connectivity index (χ1v) is 8.62. The summed E-state index contributed by atoms with van der Waals surface area (Å²) in [6.07, 6.45) is 0. The molecule has 0 heterocycles. The monoisotopic (exact) mass is 432 g/mol. The quantitative estimate of drug-likeness (QED) is 0.339. The van der Waals surface area contributed by atoms with Gasteiger partial charge in [0.2, 0.25) is 0 Å². The first kappa shape index (κ1) is 23.0. The van der Waals surface area contributed by atoms with Crippen LogP contribution in [0.4, 0.5) is 0 Å². The van der Waals surface area contributed by atoms with Crippen LogP contribution in [0.25, 0.3) is 21.5 Å². The van der Waals surface area contributed by atoms with Gasteiger partial charge < -0.3 is 24.8 Å². The summed E-state index contributed by atoms with van der Waals surface area (Å²) in [5.74, 6) is 0. The molecule has 0 spiro atoms. The summed E-state index contributed by atoms with van der Waals surface area (Å²) >= 11 is 1.55. The van der Waals surface area contributed by atoms with Gasteiger partial charge in [0.15, 0.2) is 0 Å². The summed E-state index contributed by atoms with van der Waals surface area (Å²) < 4.78 is 1.51. The molecule has 0 saturated carbocycles. The fourth-order valence-corrected chi connectivity index (χ4v) is 2.14. The van der Waals surface area contributed by atoms with E-state index in [2.05, 4.69) is 98.8 Å². The Morgan fingerprint density at radius 3 is 1.33 bits per heavy atom. The molecule has 0 radical (unpaired) electrons. The van der Waals surface area contributed by atoms with E-state index in [0.29, 0.717) is 0 Å². The third kappa shape index (κ3) is 7.71. The Labute approximate surface area is 171 Å². The molecule has 124 valence electrons. The van der Waals surface area contributed by atoms with Crippen molar-refractivity contribution in [1.82, 2.24) is 0 Å². The van der Waals surface area contributed by atoms with E-state index in [1.54, 1.807) is 24.2 Å². The van der Waals surface area contributed by atoms with Crippen molar-refractivity contribution in [3.05, 3.63) is 84.9 Å². The summed E-state index contributed by atoms with van der Waals surface area (Å²) in [5, 5.41) is 5.32. The normalized spacial score (nSPS) is 8.83. The van der Waals surface area contributed by atoms with Crippen LogP contribution in [0.2, 0.25) is 0 Å². The molecule has 4 rings (SSSR count). The van der Waals surface area contributed by atoms with Crippen molar-refractivity contribution >= 4 is 24.8 Å². The Hall–Kier alpha value is -1.01. The van der Waals surface area contributed by atoms with Gasteiger partial charge in [-0.1, -0.05) is 12.1 Å². The Bertz CT molecular complexity index is 712. The van der Waals surface area contributed by atoms with Crippen LogP contribution < -0.4 is 24.8 Å². The van der Waals surface area contributed by atoms with Gasteiger partial charge in [-0.2, -0.15) is 35.0 Å². The maximum absolute atomic E-state index is 2.12. The van der Waals surface area contributed by atoms with Gasteiger partial charge in [0.05, 0.1) is 0 Å². The Kier molecular flexibility index (Phi) is 11.9. The smallest absolute Gasteiger partial charge is 0.0809 e. The van der Waals surface area contributed by atoms with Gasteiger partial charge in [-0.25, -0.2) is 0 Å². The van der Waals surface area contributed by atoms with Crippen molar-refractivity contribution in [2.45, 2.75) is 13.8 Å². The van der Waals surface area contributed by atoms with Crippen molar-refractivity contribution < 1.29 is 49.0 Å². The number of hydrogen-bond donors (Lipinski definition) is 0. The van der Waals surface area contributed by atoms with Crippen LogP contribution in [0.15, 0.2) is 84.9 Å². The summed E-state index contributed by atoms with van der Waals surface area (Å²) in [5.41, 5.74) is 0. The second-order valence-corrected chi connectivity index (χ2v) is 7.77. The molecule has 0 bridgehead atoms. The number of halogens is 2. The maximum Gasteiger partial charge on any atom is -0.0809 e. The second kappa shape index (κ2) is 12.4. The maximum atomic E-state index is 2.12. The Morgan fingerprint density at radius 1 is 0.667 bits per heavy atom. The van der Waals surface area contributed by atoms with E-state index >= 15 is 0 Å². The number of fused-ring (bicyclic) bond motifs is 2. The Morgan fingerprint density at radius 2 is 1.00 bits per heavy atom. The van der Waals surface area contributed by atoms with E-state index in [9.17, 15) is 0 Å². The molecule has 4 aromatic rings. The molecule has 0 aliphatic carbocycles. The van der Waals surface area contributed by atoms with E-state index in [4.69, 9.17) is 0 Å². The molecule has 0 aromatic heterocycles. The largest absolute Gasteiger partial charge is 1.00 e. The minimum Gasteiger partial charge on any atom is -1.00 e. The molecule has 24 heavy (non-hydrogen) atoms. The summed E-state index contributed by atoms with van der Waals surface area (Å²) in [7, 11) is 0. The number of rotatable bonds is 0. The predicted molar refractivity (Wildman–Crippen MR) is 95.4 cm³/mol. The zero-order chi connectivity index (χ0) is 15.8. The van der Waals surface area contributed by atoms with Gasteiger partial charge in [-0.05, 0) is 0 Å². The summed E-state index contributed by atoms with van der Waals surface area (Å²) in [6.45, 7) is 4.25. The van der Waals surface area contributed by atoms with Crippen LogP contribution in [0.3, 0.4) is 0 Å². The summed E-state index contributed by atoms with van der Waals surface area (Å²) in [4.78, 5) is 0. The standard InChI is InChI=1S/2C9H7.C3H6.2ClH.Zr/c2*1-2-5-9-7-3-6-8(9)4-1;1-3-2;;;/h2*1-7H;1-2H3;2*1H;/q2*-1;;;;+2/p-2. The molecule has 4 aromatic carbocycles. The van der Waals surface area contributed by atoms with Crippen molar-refractivity contribution in [1.29, 1.82) is 0 Å². The zero-order valence-corrected chi connectivity index (χ0v) is 17.8. The van der Waals surface area contributed by atoms with Crippen molar-refractivity contribution in [2.75, 3.05) is 0 Å². The topological polar surface area (TPSA) is 0 Å². The SMILES string of the molecule is C[C](C)=[Zr+2].[Cl-].[Cl-].c1ccc2[cH-]ccc2c1.c1ccc2[cH-]ccc2c1. The molecule has 0 saturated heterocycles. The average Bonchev–Trinajstić information content (AvgIpc) is 3.16. The van der Waals surface area contributed by atoms with Gasteiger partial charge >= 0.3 is 41.3 Å². The zero-order valence-electron chi connectivity index (χ0n) is 13.8. The Balaban J connectivity index is 0.000000341. The van der Waals surface area contributed by atoms with Crippen LogP contribution in [0.1, 0.15) is 13.8 Å². The molecule has 0 N–H and O–H groups in total. The predicted octanol–water partition coefficient (Wildman–Crippen LogP) is -0.129. The van der Waals surface area contributed by atoms with Crippen LogP contribution in [0.5, 0.6) is 0 Å². The average molecular weight is 435 g/mol. The van der Waals surface area contributed by atoms with Crippen molar-refractivity contribution in [3.8, 4) is 0 Å². The van der Waals surface area contributed by atoms with Gasteiger partial charge in [-0.15, -0.1) is 59.3 Å². The van der Waals surface area contributed by atoms with E-state index in [1.165, 1.54) is 24.8 Å². The van der Waals surface area contributed by atoms with Gasteiger partial charge in [0.1, 0.15) is 0 Å². The second-order valence-electron chi connectivity index (χ2n) is 5.31. The molecular formula is C21H20Cl2Zr-2. The number of hydrogen-bond acceptors (Lipinski definition) is 0. The molecule has 3 heteroatoms. The fourth-order valence-electron chi connectivity index (χ4n) is 2.14. The first-order valence-electron chi connectivity index (χ1n) is 7.39. The van der Waals surface area contributed by atoms with E-state index in [0.717, 1.165) is 0 Å². The van der Waals surface area contributed by atoms with E-state index in [-0.39, 0.29) is 24.8 Å². The summed E-state index contributed by atoms with van der Waals surface area (Å²) in [6, 6.07) is 29.3. The minimum atomic E-state index is 0. The van der Waals surface area contributed by atoms with Crippen LogP contribution in [0, 0.1) is 0 Å². The van der Waals surface area contributed by atoms with Gasteiger partial charge in [0.25, 0.3) is 0 Å². The first-order chi connectivity index (χ1) is 10.7. The van der Waals surface area contributed by atoms with Gasteiger partial charge in [-0.3, -0.25) is 0 Å². The molecule has 0 aliphatic rings. The van der Waals surface area contributed by atoms with Crippen LogP contribution in [-0.4, -0.2) is 3.21 Å². The fraction of sp³-hybridized carbons (Fsp3) is 0.0952. The molecule has 0 aliphatic heterocycles. The third-order valence-electron chi connectivity index (χ3n) is 3.10. The van der Waals surface area contributed by atoms with Crippen molar-refractivity contribution in [3.63, 3.8) is 0 Å². The molecule has 0 atom stereocenters. The minimum absolute atomic E-state index is 0. The van der Waals surface area contributed by atoms with E-state index < -0.39 is 0 Å². The van der Waals surface area contributed by atoms with Crippen LogP contribution in [-0.2, 0) is 24.2 Å². The van der Waals surface area contributed by atoms with E-state index in [1.807, 2.05) is 0 Å².